The van der Waals surface area contributed by atoms with E-state index >= 15 is 0 Å². The number of aryl methyl sites for hydroxylation is 3. The van der Waals surface area contributed by atoms with Gasteiger partial charge in [0, 0.05) is 31.9 Å². The molecule has 130 valence electrons. The third-order valence-electron chi connectivity index (χ3n) is 5.02. The molecule has 0 spiro atoms. The summed E-state index contributed by atoms with van der Waals surface area (Å²) in [5, 5.41) is 11.3. The third-order valence-corrected chi connectivity index (χ3v) is 5.02. The topological polar surface area (TPSA) is 54.2 Å². The lowest BCUT2D eigenvalue weighted by Gasteiger charge is -2.40. The summed E-state index contributed by atoms with van der Waals surface area (Å²) < 4.78 is 2.08. The molecule has 1 aromatic heterocycles. The van der Waals surface area contributed by atoms with E-state index in [1.54, 1.807) is 0 Å². The van der Waals surface area contributed by atoms with Crippen molar-refractivity contribution in [3.05, 3.63) is 17.5 Å². The lowest BCUT2D eigenvalue weighted by atomic mass is 9.67. The van der Waals surface area contributed by atoms with E-state index in [0.29, 0.717) is 5.41 Å². The minimum Gasteiger partial charge on any atom is -0.357 e. The standard InChI is InChI=1S/C18H33N5/c1-5-18(9-7-10-18)14-21-17(19-6-2)20-11-8-12-23-16(4)13-15(3)22-23/h13H,5-12,14H2,1-4H3,(H2,19,20,21). The molecule has 5 nitrogen and oxygen atoms in total. The fraction of sp³-hybridized carbons (Fsp3) is 0.778. The van der Waals surface area contributed by atoms with Crippen LogP contribution in [0.5, 0.6) is 0 Å². The fourth-order valence-corrected chi connectivity index (χ4v) is 3.23. The maximum absolute atomic E-state index is 4.82. The molecule has 2 rings (SSSR count). The molecule has 0 saturated heterocycles. The molecule has 5 heteroatoms. The second-order valence-corrected chi connectivity index (χ2v) is 6.83. The molecule has 0 amide bonds. The van der Waals surface area contributed by atoms with Crippen LogP contribution in [0.1, 0.15) is 57.3 Å². The van der Waals surface area contributed by atoms with E-state index in [1.165, 1.54) is 31.4 Å². The predicted octanol–water partition coefficient (Wildman–Crippen LogP) is 3.03. The van der Waals surface area contributed by atoms with Gasteiger partial charge in [-0.3, -0.25) is 9.67 Å². The van der Waals surface area contributed by atoms with E-state index in [-0.39, 0.29) is 0 Å². The molecule has 0 unspecified atom stereocenters. The highest BCUT2D eigenvalue weighted by molar-refractivity contribution is 5.79. The first kappa shape index (κ1) is 17.8. The van der Waals surface area contributed by atoms with Crippen molar-refractivity contribution in [3.63, 3.8) is 0 Å². The summed E-state index contributed by atoms with van der Waals surface area (Å²) in [6.45, 7) is 12.3. The molecule has 0 aliphatic heterocycles. The van der Waals surface area contributed by atoms with Crippen molar-refractivity contribution in [2.45, 2.75) is 66.3 Å². The first-order valence-corrected chi connectivity index (χ1v) is 9.12. The third kappa shape index (κ3) is 4.98. The van der Waals surface area contributed by atoms with Crippen LogP contribution in [-0.2, 0) is 6.54 Å². The van der Waals surface area contributed by atoms with Crippen LogP contribution in [0.3, 0.4) is 0 Å². The molecule has 1 heterocycles. The molecule has 1 aliphatic rings. The number of guanidine groups is 1. The minimum absolute atomic E-state index is 0.478. The van der Waals surface area contributed by atoms with Crippen LogP contribution in [0.25, 0.3) is 0 Å². The van der Waals surface area contributed by atoms with E-state index in [2.05, 4.69) is 47.3 Å². The van der Waals surface area contributed by atoms with Crippen LogP contribution in [-0.4, -0.2) is 35.4 Å². The summed E-state index contributed by atoms with van der Waals surface area (Å²) in [4.78, 5) is 4.82. The number of rotatable bonds is 8. The Morgan fingerprint density at radius 2 is 2.09 bits per heavy atom. The van der Waals surface area contributed by atoms with Crippen molar-refractivity contribution in [2.75, 3.05) is 19.6 Å². The molecule has 0 radical (unpaired) electrons. The van der Waals surface area contributed by atoms with Crippen LogP contribution < -0.4 is 10.6 Å². The molecule has 1 fully saturated rings. The number of hydrogen-bond acceptors (Lipinski definition) is 2. The van der Waals surface area contributed by atoms with Gasteiger partial charge in [-0.2, -0.15) is 5.10 Å². The van der Waals surface area contributed by atoms with Gasteiger partial charge in [0.15, 0.2) is 5.96 Å². The maximum Gasteiger partial charge on any atom is 0.191 e. The largest absolute Gasteiger partial charge is 0.357 e. The Bertz CT molecular complexity index is 508. The lowest BCUT2D eigenvalue weighted by Crippen LogP contribution is -2.40. The van der Waals surface area contributed by atoms with Gasteiger partial charge in [0.2, 0.25) is 0 Å². The Labute approximate surface area is 141 Å². The zero-order valence-electron chi connectivity index (χ0n) is 15.3. The van der Waals surface area contributed by atoms with E-state index in [9.17, 15) is 0 Å². The van der Waals surface area contributed by atoms with Gasteiger partial charge in [-0.25, -0.2) is 0 Å². The number of aromatic nitrogens is 2. The second-order valence-electron chi connectivity index (χ2n) is 6.83. The molecule has 0 bridgehead atoms. The average molecular weight is 319 g/mol. The zero-order chi connectivity index (χ0) is 16.7. The number of aliphatic imine (C=N–C) groups is 1. The Kier molecular flexibility index (Phi) is 6.48. The molecule has 23 heavy (non-hydrogen) atoms. The smallest absolute Gasteiger partial charge is 0.191 e. The maximum atomic E-state index is 4.82. The highest BCUT2D eigenvalue weighted by Gasteiger charge is 2.34. The summed E-state index contributed by atoms with van der Waals surface area (Å²) in [6, 6.07) is 2.13. The molecular weight excluding hydrogens is 286 g/mol. The number of nitrogens with zero attached hydrogens (tertiary/aromatic N) is 3. The summed E-state index contributed by atoms with van der Waals surface area (Å²) in [5.41, 5.74) is 2.81. The van der Waals surface area contributed by atoms with Crippen molar-refractivity contribution in [3.8, 4) is 0 Å². The van der Waals surface area contributed by atoms with Crippen LogP contribution in [0, 0.1) is 19.3 Å². The highest BCUT2D eigenvalue weighted by Crippen LogP contribution is 2.43. The van der Waals surface area contributed by atoms with Crippen LogP contribution in [0.4, 0.5) is 0 Å². The first-order chi connectivity index (χ1) is 11.1. The predicted molar refractivity (Wildman–Crippen MR) is 96.9 cm³/mol. The van der Waals surface area contributed by atoms with Gasteiger partial charge in [-0.1, -0.05) is 13.3 Å². The van der Waals surface area contributed by atoms with Crippen LogP contribution in [0.2, 0.25) is 0 Å². The molecule has 2 N–H and O–H groups in total. The minimum atomic E-state index is 0.478. The van der Waals surface area contributed by atoms with Gasteiger partial charge in [-0.15, -0.1) is 0 Å². The highest BCUT2D eigenvalue weighted by atomic mass is 15.3. The van der Waals surface area contributed by atoms with E-state index < -0.39 is 0 Å². The molecular formula is C18H33N5. The summed E-state index contributed by atoms with van der Waals surface area (Å²) in [6.07, 6.45) is 6.34. The monoisotopic (exact) mass is 319 g/mol. The van der Waals surface area contributed by atoms with Gasteiger partial charge in [0.05, 0.1) is 5.69 Å². The summed E-state index contributed by atoms with van der Waals surface area (Å²) in [7, 11) is 0. The Morgan fingerprint density at radius 1 is 1.30 bits per heavy atom. The fourth-order valence-electron chi connectivity index (χ4n) is 3.23. The number of hydrogen-bond donors (Lipinski definition) is 2. The molecule has 0 aromatic carbocycles. The Morgan fingerprint density at radius 3 is 2.61 bits per heavy atom. The van der Waals surface area contributed by atoms with E-state index in [0.717, 1.165) is 44.3 Å². The van der Waals surface area contributed by atoms with Gasteiger partial charge >= 0.3 is 0 Å². The number of nitrogens with one attached hydrogen (secondary N) is 2. The first-order valence-electron chi connectivity index (χ1n) is 9.12. The quantitative estimate of drug-likeness (QED) is 0.440. The SMILES string of the molecule is CCNC(=NCC1(CC)CCC1)NCCCn1nc(C)cc1C. The van der Waals surface area contributed by atoms with E-state index in [1.807, 2.05) is 6.92 Å². The molecule has 1 aliphatic carbocycles. The Balaban J connectivity index is 1.76. The van der Waals surface area contributed by atoms with Gasteiger partial charge in [-0.05, 0) is 57.9 Å². The van der Waals surface area contributed by atoms with Gasteiger partial charge in [0.25, 0.3) is 0 Å². The van der Waals surface area contributed by atoms with Gasteiger partial charge in [0.1, 0.15) is 0 Å². The van der Waals surface area contributed by atoms with E-state index in [4.69, 9.17) is 4.99 Å². The normalized spacial score (nSPS) is 17.0. The van der Waals surface area contributed by atoms with Crippen LogP contribution >= 0.6 is 0 Å². The van der Waals surface area contributed by atoms with Crippen molar-refractivity contribution in [2.24, 2.45) is 10.4 Å². The average Bonchev–Trinajstić information content (AvgIpc) is 2.80. The van der Waals surface area contributed by atoms with Crippen molar-refractivity contribution >= 4 is 5.96 Å². The van der Waals surface area contributed by atoms with Crippen LogP contribution in [0.15, 0.2) is 11.1 Å². The van der Waals surface area contributed by atoms with Crippen molar-refractivity contribution < 1.29 is 0 Å². The van der Waals surface area contributed by atoms with Crippen molar-refractivity contribution in [1.29, 1.82) is 0 Å². The lowest BCUT2D eigenvalue weighted by molar-refractivity contribution is 0.139. The molecule has 1 saturated carbocycles. The second kappa shape index (κ2) is 8.37. The zero-order valence-corrected chi connectivity index (χ0v) is 15.3. The molecule has 1 aromatic rings. The van der Waals surface area contributed by atoms with Crippen molar-refractivity contribution in [1.82, 2.24) is 20.4 Å². The molecule has 0 atom stereocenters. The van der Waals surface area contributed by atoms with Gasteiger partial charge < -0.3 is 10.6 Å². The summed E-state index contributed by atoms with van der Waals surface area (Å²) >= 11 is 0. The summed E-state index contributed by atoms with van der Waals surface area (Å²) in [5.74, 6) is 0.959. The Hall–Kier alpha value is -1.52.